The molecular weight excluding hydrogens is 441 g/mol. The summed E-state index contributed by atoms with van der Waals surface area (Å²) < 4.78 is 18.8. The molecule has 34 heavy (non-hydrogen) atoms. The smallest absolute Gasteiger partial charge is 0.280 e. The minimum absolute atomic E-state index is 0.144. The van der Waals surface area contributed by atoms with Gasteiger partial charge in [-0.3, -0.25) is 14.4 Å². The molecule has 9 nitrogen and oxygen atoms in total. The van der Waals surface area contributed by atoms with Gasteiger partial charge in [-0.2, -0.15) is 0 Å². The van der Waals surface area contributed by atoms with Gasteiger partial charge in [0.05, 0.1) is 17.2 Å². The van der Waals surface area contributed by atoms with Crippen LogP contribution in [0.15, 0.2) is 47.4 Å². The number of pyridine rings is 1. The summed E-state index contributed by atoms with van der Waals surface area (Å²) >= 11 is 0. The number of nitrogens with one attached hydrogen (secondary N) is 2. The van der Waals surface area contributed by atoms with Crippen LogP contribution in [-0.4, -0.2) is 56.9 Å². The molecule has 0 bridgehead atoms. The van der Waals surface area contributed by atoms with Gasteiger partial charge in [0.25, 0.3) is 11.5 Å². The average Bonchev–Trinajstić information content (AvgIpc) is 2.83. The van der Waals surface area contributed by atoms with Crippen LogP contribution in [0.5, 0.6) is 5.88 Å². The number of aromatic nitrogens is 3. The molecular formula is C24H26FN5O4. The minimum atomic E-state index is -0.809. The predicted molar refractivity (Wildman–Crippen MR) is 123 cm³/mol. The monoisotopic (exact) mass is 467 g/mol. The van der Waals surface area contributed by atoms with Crippen LogP contribution >= 0.6 is 0 Å². The fourth-order valence-electron chi connectivity index (χ4n) is 3.90. The first-order valence-electron chi connectivity index (χ1n) is 11.2. The fourth-order valence-corrected chi connectivity index (χ4v) is 3.90. The van der Waals surface area contributed by atoms with Crippen LogP contribution < -0.4 is 15.6 Å². The van der Waals surface area contributed by atoms with Crippen LogP contribution in [0, 0.1) is 11.7 Å². The molecule has 3 aromatic rings. The number of hydrogen-bond acceptors (Lipinski definition) is 6. The second-order valence-corrected chi connectivity index (χ2v) is 8.58. The van der Waals surface area contributed by atoms with Crippen LogP contribution in [0.2, 0.25) is 0 Å². The average molecular weight is 468 g/mol. The quantitative estimate of drug-likeness (QED) is 0.574. The highest BCUT2D eigenvalue weighted by Crippen LogP contribution is 2.19. The van der Waals surface area contributed by atoms with Crippen molar-refractivity contribution in [2.75, 3.05) is 13.1 Å². The Morgan fingerprint density at radius 2 is 1.91 bits per heavy atom. The van der Waals surface area contributed by atoms with Gasteiger partial charge in [0, 0.05) is 32.0 Å². The van der Waals surface area contributed by atoms with Crippen molar-refractivity contribution in [3.05, 3.63) is 64.5 Å². The lowest BCUT2D eigenvalue weighted by Gasteiger charge is -2.35. The number of halogens is 1. The van der Waals surface area contributed by atoms with Gasteiger partial charge in [0.2, 0.25) is 11.8 Å². The van der Waals surface area contributed by atoms with E-state index in [1.807, 2.05) is 13.8 Å². The number of aromatic amines is 1. The Kier molecular flexibility index (Phi) is 6.85. The summed E-state index contributed by atoms with van der Waals surface area (Å²) in [6, 6.07) is 8.86. The lowest BCUT2D eigenvalue weighted by Crippen LogP contribution is -2.54. The van der Waals surface area contributed by atoms with Crippen LogP contribution in [0.1, 0.15) is 37.2 Å². The molecule has 1 aliphatic heterocycles. The van der Waals surface area contributed by atoms with Crippen molar-refractivity contribution in [1.82, 2.24) is 25.2 Å². The van der Waals surface area contributed by atoms with Crippen molar-refractivity contribution in [2.45, 2.75) is 38.8 Å². The zero-order valence-corrected chi connectivity index (χ0v) is 19.0. The molecule has 4 rings (SSSR count). The molecule has 0 spiro atoms. The normalized spacial score (nSPS) is 15.4. The number of ether oxygens (including phenoxy) is 1. The van der Waals surface area contributed by atoms with E-state index in [0.717, 1.165) is 6.20 Å². The number of para-hydroxylation sites is 2. The van der Waals surface area contributed by atoms with E-state index < -0.39 is 23.3 Å². The molecule has 2 aromatic heterocycles. The molecule has 0 saturated carbocycles. The van der Waals surface area contributed by atoms with Gasteiger partial charge in [0.15, 0.2) is 5.69 Å². The zero-order chi connectivity index (χ0) is 24.2. The van der Waals surface area contributed by atoms with Gasteiger partial charge >= 0.3 is 0 Å². The number of fused-ring (bicyclic) bond motifs is 1. The van der Waals surface area contributed by atoms with E-state index in [2.05, 4.69) is 20.3 Å². The van der Waals surface area contributed by atoms with Crippen molar-refractivity contribution in [3.63, 3.8) is 0 Å². The maximum Gasteiger partial charge on any atom is 0.280 e. The standard InChI is InChI=1S/C24H26FN5O4/c1-14(2)20(29-23(32)21-22(31)28-18-6-4-3-5-17(18)27-21)24(33)30-11-9-16(10-12-30)34-19-8-7-15(25)13-26-19/h3-8,13-14,16,20H,9-12H2,1-2H3,(H,28,31)(H,29,32)/t20-/m0/s1. The molecule has 2 amide bonds. The molecule has 0 unspecified atom stereocenters. The van der Waals surface area contributed by atoms with E-state index in [4.69, 9.17) is 4.74 Å². The third kappa shape index (κ3) is 5.22. The predicted octanol–water partition coefficient (Wildman–Crippen LogP) is 2.28. The second-order valence-electron chi connectivity index (χ2n) is 8.58. The Balaban J connectivity index is 1.40. The maximum atomic E-state index is 13.2. The van der Waals surface area contributed by atoms with Crippen LogP contribution in [0.25, 0.3) is 11.0 Å². The number of benzene rings is 1. The molecule has 2 N–H and O–H groups in total. The summed E-state index contributed by atoms with van der Waals surface area (Å²) in [5.41, 5.74) is 0.119. The Morgan fingerprint density at radius 3 is 2.59 bits per heavy atom. The molecule has 0 radical (unpaired) electrons. The summed E-state index contributed by atoms with van der Waals surface area (Å²) in [6.07, 6.45) is 2.11. The zero-order valence-electron chi connectivity index (χ0n) is 19.0. The number of carbonyl (C=O) groups excluding carboxylic acids is 2. The lowest BCUT2D eigenvalue weighted by atomic mass is 10.00. The second kappa shape index (κ2) is 9.98. The molecule has 1 saturated heterocycles. The van der Waals surface area contributed by atoms with Crippen LogP contribution in [0.4, 0.5) is 4.39 Å². The van der Waals surface area contributed by atoms with Gasteiger partial charge in [0.1, 0.15) is 18.0 Å². The van der Waals surface area contributed by atoms with E-state index in [1.165, 1.54) is 12.1 Å². The summed E-state index contributed by atoms with van der Waals surface area (Å²) in [5, 5.41) is 2.70. The third-order valence-electron chi connectivity index (χ3n) is 5.78. The molecule has 3 heterocycles. The highest BCUT2D eigenvalue weighted by atomic mass is 19.1. The van der Waals surface area contributed by atoms with E-state index in [9.17, 15) is 18.8 Å². The van der Waals surface area contributed by atoms with Gasteiger partial charge < -0.3 is 19.9 Å². The van der Waals surface area contributed by atoms with Gasteiger partial charge in [-0.15, -0.1) is 0 Å². The molecule has 178 valence electrons. The molecule has 1 fully saturated rings. The SMILES string of the molecule is CC(C)[C@H](NC(=O)c1nc2ccccc2[nH]c1=O)C(=O)N1CCC(Oc2ccc(F)cn2)CC1. The summed E-state index contributed by atoms with van der Waals surface area (Å²) in [7, 11) is 0. The number of carbonyl (C=O) groups is 2. The first-order chi connectivity index (χ1) is 16.3. The number of H-pyrrole nitrogens is 1. The Bertz CT molecular complexity index is 1240. The van der Waals surface area contributed by atoms with Crippen molar-refractivity contribution in [3.8, 4) is 5.88 Å². The summed E-state index contributed by atoms with van der Waals surface area (Å²) in [6.45, 7) is 4.55. The summed E-state index contributed by atoms with van der Waals surface area (Å²) in [5.74, 6) is -1.21. The first-order valence-corrected chi connectivity index (χ1v) is 11.2. The van der Waals surface area contributed by atoms with Crippen molar-refractivity contribution in [1.29, 1.82) is 0 Å². The number of nitrogens with zero attached hydrogens (tertiary/aromatic N) is 3. The number of piperidine rings is 1. The van der Waals surface area contributed by atoms with Crippen molar-refractivity contribution < 1.29 is 18.7 Å². The number of rotatable bonds is 6. The van der Waals surface area contributed by atoms with E-state index in [1.54, 1.807) is 29.2 Å². The van der Waals surface area contributed by atoms with Crippen molar-refractivity contribution in [2.24, 2.45) is 5.92 Å². The Hall–Kier alpha value is -3.82. The van der Waals surface area contributed by atoms with E-state index in [0.29, 0.717) is 42.8 Å². The van der Waals surface area contributed by atoms with Gasteiger partial charge in [-0.1, -0.05) is 26.0 Å². The molecule has 1 atom stereocenters. The summed E-state index contributed by atoms with van der Waals surface area (Å²) in [4.78, 5) is 50.9. The molecule has 1 aliphatic rings. The van der Waals surface area contributed by atoms with Crippen LogP contribution in [0.3, 0.4) is 0 Å². The van der Waals surface area contributed by atoms with E-state index in [-0.39, 0.29) is 23.6 Å². The number of likely N-dealkylation sites (tertiary alicyclic amines) is 1. The van der Waals surface area contributed by atoms with E-state index >= 15 is 0 Å². The number of hydrogen-bond donors (Lipinski definition) is 2. The topological polar surface area (TPSA) is 117 Å². The van der Waals surface area contributed by atoms with Crippen molar-refractivity contribution >= 4 is 22.8 Å². The maximum absolute atomic E-state index is 13.2. The first kappa shape index (κ1) is 23.3. The van der Waals surface area contributed by atoms with Crippen LogP contribution in [-0.2, 0) is 4.79 Å². The van der Waals surface area contributed by atoms with Gasteiger partial charge in [-0.05, 0) is 24.1 Å². The molecule has 0 aliphatic carbocycles. The largest absolute Gasteiger partial charge is 0.474 e. The fraction of sp³-hybridized carbons (Fsp3) is 0.375. The Morgan fingerprint density at radius 1 is 1.18 bits per heavy atom. The number of amides is 2. The highest BCUT2D eigenvalue weighted by molar-refractivity contribution is 5.97. The third-order valence-corrected chi connectivity index (χ3v) is 5.78. The minimum Gasteiger partial charge on any atom is -0.474 e. The molecule has 10 heteroatoms. The molecule has 1 aromatic carbocycles. The highest BCUT2D eigenvalue weighted by Gasteiger charge is 2.32. The van der Waals surface area contributed by atoms with Gasteiger partial charge in [-0.25, -0.2) is 14.4 Å². The lowest BCUT2D eigenvalue weighted by molar-refractivity contribution is -0.136. The Labute approximate surface area is 195 Å².